The lowest BCUT2D eigenvalue weighted by Crippen LogP contribution is -2.09. The molecule has 0 aromatic heterocycles. The Balaban J connectivity index is 1.90. The standard InChI is InChI=1S/C21H17I2NO4/c1-3-6-18(25)27-19-15(22)9-13(10-16(19)23)11-17-21(26)28-20(24-17)14-8-5-4-7-12(14)2/h4-5,7-11H,3,6H2,1-2H3/b17-11-. The third-order valence-electron chi connectivity index (χ3n) is 3.99. The van der Waals surface area contributed by atoms with Gasteiger partial charge in [0, 0.05) is 12.0 Å². The third kappa shape index (κ3) is 4.80. The summed E-state index contributed by atoms with van der Waals surface area (Å²) < 4.78 is 12.4. The smallest absolute Gasteiger partial charge is 0.363 e. The van der Waals surface area contributed by atoms with E-state index < -0.39 is 5.97 Å². The van der Waals surface area contributed by atoms with Crippen LogP contribution in [0.15, 0.2) is 47.1 Å². The van der Waals surface area contributed by atoms with Gasteiger partial charge in [-0.2, -0.15) is 0 Å². The van der Waals surface area contributed by atoms with Crippen LogP contribution in [0.4, 0.5) is 0 Å². The van der Waals surface area contributed by atoms with Crippen molar-refractivity contribution in [3.05, 3.63) is 65.9 Å². The molecule has 0 aliphatic carbocycles. The molecule has 0 bridgehead atoms. The zero-order chi connectivity index (χ0) is 20.3. The van der Waals surface area contributed by atoms with Crippen LogP contribution in [0.1, 0.15) is 36.5 Å². The van der Waals surface area contributed by atoms with Gasteiger partial charge in [-0.05, 0) is 93.9 Å². The Morgan fingerprint density at radius 3 is 2.54 bits per heavy atom. The molecule has 2 aromatic carbocycles. The maximum atomic E-state index is 12.2. The predicted molar refractivity (Wildman–Crippen MR) is 124 cm³/mol. The molecule has 0 spiro atoms. The molecule has 7 heteroatoms. The van der Waals surface area contributed by atoms with Gasteiger partial charge in [-0.25, -0.2) is 9.79 Å². The molecular formula is C21H17I2NO4. The molecule has 0 unspecified atom stereocenters. The Labute approximate surface area is 190 Å². The van der Waals surface area contributed by atoms with Crippen molar-refractivity contribution < 1.29 is 19.1 Å². The number of hydrogen-bond acceptors (Lipinski definition) is 5. The second kappa shape index (κ2) is 9.17. The van der Waals surface area contributed by atoms with Crippen LogP contribution < -0.4 is 4.74 Å². The van der Waals surface area contributed by atoms with Crippen molar-refractivity contribution in [3.8, 4) is 5.75 Å². The summed E-state index contributed by atoms with van der Waals surface area (Å²) in [4.78, 5) is 28.4. The van der Waals surface area contributed by atoms with Gasteiger partial charge in [-0.3, -0.25) is 4.79 Å². The van der Waals surface area contributed by atoms with E-state index in [9.17, 15) is 9.59 Å². The highest BCUT2D eigenvalue weighted by atomic mass is 127. The van der Waals surface area contributed by atoms with E-state index in [1.807, 2.05) is 50.2 Å². The maximum Gasteiger partial charge on any atom is 0.363 e. The summed E-state index contributed by atoms with van der Waals surface area (Å²) in [6, 6.07) is 11.3. The van der Waals surface area contributed by atoms with Crippen LogP contribution in [-0.4, -0.2) is 17.8 Å². The maximum absolute atomic E-state index is 12.2. The summed E-state index contributed by atoms with van der Waals surface area (Å²) in [7, 11) is 0. The first kappa shape index (κ1) is 21.0. The highest BCUT2D eigenvalue weighted by molar-refractivity contribution is 14.1. The summed E-state index contributed by atoms with van der Waals surface area (Å²) in [6.07, 6.45) is 2.79. The fourth-order valence-electron chi connectivity index (χ4n) is 2.62. The summed E-state index contributed by atoms with van der Waals surface area (Å²) in [5, 5.41) is 0. The number of rotatable bonds is 5. The Morgan fingerprint density at radius 2 is 1.89 bits per heavy atom. The minimum absolute atomic E-state index is 0.237. The molecule has 0 saturated carbocycles. The SMILES string of the molecule is CCCC(=O)Oc1c(I)cc(/C=C2\N=C(c3ccccc3C)OC2=O)cc1I. The third-order valence-corrected chi connectivity index (χ3v) is 5.59. The molecule has 0 amide bonds. The fraction of sp³-hybridized carbons (Fsp3) is 0.190. The number of ether oxygens (including phenoxy) is 2. The van der Waals surface area contributed by atoms with Crippen LogP contribution in [0.25, 0.3) is 6.08 Å². The van der Waals surface area contributed by atoms with E-state index in [4.69, 9.17) is 9.47 Å². The van der Waals surface area contributed by atoms with E-state index >= 15 is 0 Å². The molecule has 0 fully saturated rings. The zero-order valence-electron chi connectivity index (χ0n) is 15.3. The molecule has 1 aliphatic heterocycles. The Kier molecular flexibility index (Phi) is 6.86. The fourth-order valence-corrected chi connectivity index (χ4v) is 4.66. The average Bonchev–Trinajstić information content (AvgIpc) is 2.99. The molecule has 0 radical (unpaired) electrons. The number of aliphatic imine (C=N–C) groups is 1. The van der Waals surface area contributed by atoms with Crippen molar-refractivity contribution in [2.45, 2.75) is 26.7 Å². The number of carbonyl (C=O) groups excluding carboxylic acids is 2. The highest BCUT2D eigenvalue weighted by Gasteiger charge is 2.25. The van der Waals surface area contributed by atoms with Gasteiger partial charge >= 0.3 is 11.9 Å². The molecule has 144 valence electrons. The van der Waals surface area contributed by atoms with Crippen molar-refractivity contribution >= 4 is 69.1 Å². The van der Waals surface area contributed by atoms with E-state index in [0.717, 1.165) is 30.3 Å². The monoisotopic (exact) mass is 601 g/mol. The molecule has 28 heavy (non-hydrogen) atoms. The lowest BCUT2D eigenvalue weighted by molar-refractivity contribution is -0.134. The van der Waals surface area contributed by atoms with Gasteiger partial charge in [0.1, 0.15) is 0 Å². The average molecular weight is 601 g/mol. The molecular weight excluding hydrogens is 584 g/mol. The normalized spacial score (nSPS) is 14.8. The Morgan fingerprint density at radius 1 is 1.21 bits per heavy atom. The minimum Gasteiger partial charge on any atom is -0.424 e. The molecule has 1 heterocycles. The Hall–Kier alpha value is -1.75. The van der Waals surface area contributed by atoms with Crippen LogP contribution in [0.3, 0.4) is 0 Å². The van der Waals surface area contributed by atoms with Gasteiger partial charge in [0.15, 0.2) is 11.4 Å². The van der Waals surface area contributed by atoms with E-state index in [1.54, 1.807) is 6.08 Å². The summed E-state index contributed by atoms with van der Waals surface area (Å²) in [6.45, 7) is 3.87. The van der Waals surface area contributed by atoms with Crippen LogP contribution in [-0.2, 0) is 14.3 Å². The number of hydrogen-bond donors (Lipinski definition) is 0. The van der Waals surface area contributed by atoms with Gasteiger partial charge in [0.25, 0.3) is 0 Å². The molecule has 5 nitrogen and oxygen atoms in total. The van der Waals surface area contributed by atoms with E-state index in [2.05, 4.69) is 50.2 Å². The van der Waals surface area contributed by atoms with Gasteiger partial charge < -0.3 is 9.47 Å². The minimum atomic E-state index is -0.485. The van der Waals surface area contributed by atoms with Crippen LogP contribution >= 0.6 is 45.2 Å². The first-order valence-electron chi connectivity index (χ1n) is 8.67. The number of benzene rings is 2. The van der Waals surface area contributed by atoms with E-state index in [-0.39, 0.29) is 11.7 Å². The van der Waals surface area contributed by atoms with E-state index in [1.165, 1.54) is 0 Å². The summed E-state index contributed by atoms with van der Waals surface area (Å²) in [5.74, 6) is 0.113. The van der Waals surface area contributed by atoms with Crippen molar-refractivity contribution in [3.63, 3.8) is 0 Å². The predicted octanol–water partition coefficient (Wildman–Crippen LogP) is 5.25. The molecule has 0 atom stereocenters. The number of halogens is 2. The molecule has 0 saturated heterocycles. The van der Waals surface area contributed by atoms with Crippen molar-refractivity contribution in [1.29, 1.82) is 0 Å². The molecule has 0 N–H and O–H groups in total. The number of nitrogens with zero attached hydrogens (tertiary/aromatic N) is 1. The van der Waals surface area contributed by atoms with Crippen LogP contribution in [0.5, 0.6) is 5.75 Å². The zero-order valence-corrected chi connectivity index (χ0v) is 19.6. The van der Waals surface area contributed by atoms with Crippen molar-refractivity contribution in [2.75, 3.05) is 0 Å². The molecule has 2 aromatic rings. The quantitative estimate of drug-likeness (QED) is 0.203. The van der Waals surface area contributed by atoms with E-state index in [0.29, 0.717) is 18.1 Å². The number of aryl methyl sites for hydroxylation is 1. The second-order valence-electron chi connectivity index (χ2n) is 6.19. The lowest BCUT2D eigenvalue weighted by Gasteiger charge is -2.09. The van der Waals surface area contributed by atoms with Gasteiger partial charge in [0.05, 0.1) is 7.14 Å². The number of carbonyl (C=O) groups is 2. The van der Waals surface area contributed by atoms with Gasteiger partial charge in [-0.15, -0.1) is 0 Å². The van der Waals surface area contributed by atoms with Crippen molar-refractivity contribution in [2.24, 2.45) is 4.99 Å². The van der Waals surface area contributed by atoms with Crippen LogP contribution in [0, 0.1) is 14.1 Å². The second-order valence-corrected chi connectivity index (χ2v) is 8.51. The molecule has 1 aliphatic rings. The number of esters is 2. The molecule has 3 rings (SSSR count). The van der Waals surface area contributed by atoms with Gasteiger partial charge in [0.2, 0.25) is 5.90 Å². The lowest BCUT2D eigenvalue weighted by atomic mass is 10.1. The first-order valence-corrected chi connectivity index (χ1v) is 10.8. The topological polar surface area (TPSA) is 65.0 Å². The largest absolute Gasteiger partial charge is 0.424 e. The highest BCUT2D eigenvalue weighted by Crippen LogP contribution is 2.31. The Bertz CT molecular complexity index is 988. The van der Waals surface area contributed by atoms with Gasteiger partial charge in [-0.1, -0.05) is 25.1 Å². The first-order chi connectivity index (χ1) is 13.4. The summed E-state index contributed by atoms with van der Waals surface area (Å²) >= 11 is 4.24. The van der Waals surface area contributed by atoms with Crippen LogP contribution in [0.2, 0.25) is 0 Å². The van der Waals surface area contributed by atoms with Crippen molar-refractivity contribution in [1.82, 2.24) is 0 Å². The number of cyclic esters (lactones) is 1. The summed E-state index contributed by atoms with van der Waals surface area (Å²) in [5.41, 5.74) is 2.80.